The van der Waals surface area contributed by atoms with Crippen LogP contribution in [0.5, 0.6) is 17.2 Å². The van der Waals surface area contributed by atoms with Crippen molar-refractivity contribution in [3.8, 4) is 17.2 Å². The number of hydrogen-bond donors (Lipinski definition) is 2. The minimum Gasteiger partial charge on any atom is -0.459 e. The van der Waals surface area contributed by atoms with Gasteiger partial charge in [0.15, 0.2) is 0 Å². The highest BCUT2D eigenvalue weighted by molar-refractivity contribution is 6.03. The van der Waals surface area contributed by atoms with Gasteiger partial charge in [0, 0.05) is 31.1 Å². The largest absolute Gasteiger partial charge is 0.459 e. The molecule has 1 fully saturated rings. The molecular weight excluding hydrogens is 841 g/mol. The molecule has 1 aliphatic heterocycles. The molecule has 1 heterocycles. The lowest BCUT2D eigenvalue weighted by Crippen LogP contribution is -2.70. The van der Waals surface area contributed by atoms with Gasteiger partial charge in [0.2, 0.25) is 5.79 Å². The van der Waals surface area contributed by atoms with Crippen molar-refractivity contribution in [3.63, 3.8) is 0 Å². The topological polar surface area (TPSA) is 119 Å². The van der Waals surface area contributed by atoms with Crippen molar-refractivity contribution < 1.29 is 38.8 Å². The van der Waals surface area contributed by atoms with Crippen molar-refractivity contribution in [2.45, 2.75) is 102 Å². The second-order valence-electron chi connectivity index (χ2n) is 19.0. The first kappa shape index (κ1) is 47.5. The van der Waals surface area contributed by atoms with Crippen molar-refractivity contribution in [2.75, 3.05) is 26.4 Å². The van der Waals surface area contributed by atoms with Crippen molar-refractivity contribution in [1.29, 1.82) is 0 Å². The molecule has 0 radical (unpaired) electrons. The summed E-state index contributed by atoms with van der Waals surface area (Å²) in [4.78, 5) is 23.1. The highest BCUT2D eigenvalue weighted by Gasteiger charge is 2.66. The lowest BCUT2D eigenvalue weighted by molar-refractivity contribution is -0.256. The van der Waals surface area contributed by atoms with Gasteiger partial charge in [0.25, 0.3) is 0 Å². The summed E-state index contributed by atoms with van der Waals surface area (Å²) < 4.78 is 27.6. The second kappa shape index (κ2) is 21.3. The summed E-state index contributed by atoms with van der Waals surface area (Å²) >= 11 is 0. The molecule has 2 aliphatic carbocycles. The molecule has 352 valence electrons. The number of unbranched alkanes of at least 4 members (excludes halogenated alkanes) is 2. The highest BCUT2D eigenvalue weighted by Crippen LogP contribution is 2.62. The molecule has 1 saturated carbocycles. The number of carbonyl (C=O) groups excluding carboxylic acids is 1. The third-order valence-electron chi connectivity index (χ3n) is 13.4. The summed E-state index contributed by atoms with van der Waals surface area (Å²) in [7, 11) is 0. The van der Waals surface area contributed by atoms with E-state index in [1.807, 2.05) is 69.3 Å². The zero-order chi connectivity index (χ0) is 47.0. The van der Waals surface area contributed by atoms with Crippen molar-refractivity contribution in [1.82, 2.24) is 4.90 Å². The van der Waals surface area contributed by atoms with E-state index in [9.17, 15) is 15.0 Å². The molecule has 10 nitrogen and oxygen atoms in total. The Kier molecular flexibility index (Phi) is 15.2. The van der Waals surface area contributed by atoms with Gasteiger partial charge in [-0.3, -0.25) is 4.90 Å². The molecule has 2 N–H and O–H groups in total. The molecule has 0 spiro atoms. The molecule has 1 amide bonds. The molecule has 0 saturated heterocycles. The summed E-state index contributed by atoms with van der Waals surface area (Å²) in [6, 6.07) is 33.9. The number of nitrogens with zero attached hydrogens (tertiary/aromatic N) is 2. The number of ether oxygens (including phenoxy) is 4. The summed E-state index contributed by atoms with van der Waals surface area (Å²) in [6.45, 7) is 14.6. The fraction of sp³-hybridized carbons (Fsp3) is 0.404. The fourth-order valence-corrected chi connectivity index (χ4v) is 10.5. The number of benzene rings is 5. The Bertz CT molecular complexity index is 2590. The van der Waals surface area contributed by atoms with Crippen molar-refractivity contribution >= 4 is 33.3 Å². The van der Waals surface area contributed by atoms with Crippen LogP contribution in [0.15, 0.2) is 145 Å². The lowest BCUT2D eigenvalue weighted by atomic mass is 9.55. The predicted molar refractivity (Wildman–Crippen MR) is 265 cm³/mol. The first-order chi connectivity index (χ1) is 32.6. The van der Waals surface area contributed by atoms with E-state index in [0.29, 0.717) is 36.5 Å². The van der Waals surface area contributed by atoms with Crippen LogP contribution in [0.1, 0.15) is 89.2 Å². The number of amides is 1. The smallest absolute Gasteiger partial charge is 0.410 e. The molecule has 0 bridgehead atoms. The molecule has 3 aliphatic rings. The van der Waals surface area contributed by atoms with Crippen molar-refractivity contribution in [3.05, 3.63) is 151 Å². The normalized spacial score (nSPS) is 22.6. The molecule has 5 aromatic carbocycles. The summed E-state index contributed by atoms with van der Waals surface area (Å²) in [5, 5.41) is 29.4. The molecule has 8 rings (SSSR count). The molecule has 10 heteroatoms. The third kappa shape index (κ3) is 10.5. The van der Waals surface area contributed by atoms with Crippen LogP contribution in [0.2, 0.25) is 0 Å². The zero-order valence-electron chi connectivity index (χ0n) is 39.3. The monoisotopic (exact) mass is 906 g/mol. The van der Waals surface area contributed by atoms with E-state index in [1.165, 1.54) is 0 Å². The maximum Gasteiger partial charge on any atom is 0.410 e. The Morgan fingerprint density at radius 1 is 0.851 bits per heavy atom. The van der Waals surface area contributed by atoms with Crippen molar-refractivity contribution in [2.24, 2.45) is 22.9 Å². The van der Waals surface area contributed by atoms with Crippen LogP contribution in [-0.2, 0) is 20.9 Å². The standard InChI is InChI=1S/C57H66N2O8/c1-6-8-33-63-55(62)59(38-43-23-17-22-40-19-11-12-24-46(40)43)52-37-50(58-67-56(3,4)5)48-35-42(21-13-15-30-60)47(25-14-16-31-61)53-49-36-45(65-44-27-26-39-18-9-10-20-41(39)34-44)28-29-51(49)66-57(52,54(48)53)64-32-7-2/h6-7,9-12,17-20,22-24,26-29,34-36,42,47,52-54,60-61H,1-2,8,13-16,21,25,30-33,37-38H2,3-5H3/t42-,47+,52-,53+,54+,57+/m0/s1. The molecular formula is C57H66N2O8. The minimum absolute atomic E-state index is 0.0406. The number of aliphatic hydroxyl groups excluding tert-OH is 2. The van der Waals surface area contributed by atoms with E-state index in [2.05, 4.69) is 73.8 Å². The van der Waals surface area contributed by atoms with Gasteiger partial charge in [0.05, 0.1) is 31.4 Å². The number of oxime groups is 1. The Balaban J connectivity index is 1.35. The molecule has 5 aromatic rings. The molecule has 67 heavy (non-hydrogen) atoms. The minimum atomic E-state index is -1.47. The van der Waals surface area contributed by atoms with E-state index in [4.69, 9.17) is 28.9 Å². The van der Waals surface area contributed by atoms with Gasteiger partial charge in [-0.25, -0.2) is 4.79 Å². The van der Waals surface area contributed by atoms with Crippen LogP contribution in [-0.4, -0.2) is 70.8 Å². The van der Waals surface area contributed by atoms with Gasteiger partial charge in [-0.1, -0.05) is 109 Å². The molecule has 0 aromatic heterocycles. The maximum absolute atomic E-state index is 15.0. The first-order valence-corrected chi connectivity index (χ1v) is 24.0. The number of fused-ring (bicyclic) bond motifs is 4. The van der Waals surface area contributed by atoms with Crippen LogP contribution in [0.3, 0.4) is 0 Å². The Labute approximate surface area is 395 Å². The molecule has 0 unspecified atom stereocenters. The summed E-state index contributed by atoms with van der Waals surface area (Å²) in [6.07, 6.45) is 10.6. The van der Waals surface area contributed by atoms with Gasteiger partial charge in [0.1, 0.15) is 28.9 Å². The Morgan fingerprint density at radius 2 is 1.57 bits per heavy atom. The third-order valence-corrected chi connectivity index (χ3v) is 13.4. The zero-order valence-corrected chi connectivity index (χ0v) is 39.3. The van der Waals surface area contributed by atoms with Crippen LogP contribution in [0.4, 0.5) is 4.79 Å². The Hall–Kier alpha value is -5.94. The number of allylic oxidation sites excluding steroid dienone is 1. The van der Waals surface area contributed by atoms with Gasteiger partial charge in [-0.15, -0.1) is 13.2 Å². The predicted octanol–water partition coefficient (Wildman–Crippen LogP) is 12.4. The van der Waals surface area contributed by atoms with Gasteiger partial charge < -0.3 is 34.0 Å². The molecule has 6 atom stereocenters. The number of aliphatic hydroxyl groups is 2. The first-order valence-electron chi connectivity index (χ1n) is 24.0. The number of rotatable bonds is 20. The lowest BCUT2D eigenvalue weighted by Gasteiger charge is -2.60. The fourth-order valence-electron chi connectivity index (χ4n) is 10.5. The average Bonchev–Trinajstić information content (AvgIpc) is 3.33. The van der Waals surface area contributed by atoms with Gasteiger partial charge in [-0.2, -0.15) is 0 Å². The number of carbonyl (C=O) groups is 1. The van der Waals surface area contributed by atoms with E-state index in [0.717, 1.165) is 69.7 Å². The van der Waals surface area contributed by atoms with Gasteiger partial charge >= 0.3 is 6.09 Å². The maximum atomic E-state index is 15.0. The van der Waals surface area contributed by atoms with Crippen LogP contribution in [0.25, 0.3) is 21.5 Å². The Morgan fingerprint density at radius 3 is 2.33 bits per heavy atom. The van der Waals surface area contributed by atoms with Crippen LogP contribution in [0, 0.1) is 17.8 Å². The van der Waals surface area contributed by atoms with E-state index < -0.39 is 29.4 Å². The van der Waals surface area contributed by atoms with Crippen LogP contribution < -0.4 is 9.47 Å². The highest BCUT2D eigenvalue weighted by atomic mass is 16.7. The summed E-state index contributed by atoms with van der Waals surface area (Å²) in [5.74, 6) is -0.0609. The summed E-state index contributed by atoms with van der Waals surface area (Å²) in [5.41, 5.74) is 2.97. The quantitative estimate of drug-likeness (QED) is 0.0450. The number of hydrogen-bond acceptors (Lipinski definition) is 9. The van der Waals surface area contributed by atoms with E-state index in [1.54, 1.807) is 17.1 Å². The van der Waals surface area contributed by atoms with Gasteiger partial charge in [-0.05, 0) is 128 Å². The second-order valence-corrected chi connectivity index (χ2v) is 19.0. The SMILES string of the molecule is C=CCCOC(=O)N(Cc1cccc2ccccc12)[C@H]1CC(=NOC(C)(C)C)C2=C[C@H](CCCCO)[C@@H](CCCCO)[C@@H]3c4cc(Oc5ccc6ccccc6c5)ccc4O[C@@]1(OCC=C)[C@H]23. The van der Waals surface area contributed by atoms with E-state index in [-0.39, 0.29) is 57.1 Å². The van der Waals surface area contributed by atoms with Crippen LogP contribution >= 0.6 is 0 Å². The van der Waals surface area contributed by atoms with E-state index >= 15 is 0 Å². The average molecular weight is 907 g/mol.